The van der Waals surface area contributed by atoms with E-state index in [0.29, 0.717) is 30.6 Å². The number of hydrogen-bond acceptors (Lipinski definition) is 5. The summed E-state index contributed by atoms with van der Waals surface area (Å²) in [7, 11) is 0. The molecular formula is C29H41N3O3. The average Bonchev–Trinajstić information content (AvgIpc) is 2.85. The molecule has 4 N–H and O–H groups in total. The molecule has 1 saturated heterocycles. The van der Waals surface area contributed by atoms with Gasteiger partial charge in [-0.3, -0.25) is 4.79 Å². The molecule has 2 aliphatic rings. The van der Waals surface area contributed by atoms with Gasteiger partial charge < -0.3 is 25.7 Å². The van der Waals surface area contributed by atoms with Crippen LogP contribution in [0.25, 0.3) is 0 Å². The van der Waals surface area contributed by atoms with Gasteiger partial charge in [0.15, 0.2) is 0 Å². The zero-order valence-corrected chi connectivity index (χ0v) is 21.6. The Balaban J connectivity index is 1.39. The molecule has 5 atom stereocenters. The Hall–Kier alpha value is -2.57. The van der Waals surface area contributed by atoms with Crippen molar-refractivity contribution in [2.75, 3.05) is 19.6 Å². The minimum Gasteiger partial charge on any atom is -0.508 e. The van der Waals surface area contributed by atoms with Crippen LogP contribution in [-0.2, 0) is 23.2 Å². The normalized spacial score (nSPS) is 26.5. The van der Waals surface area contributed by atoms with Crippen molar-refractivity contribution in [3.05, 3.63) is 59.2 Å². The quantitative estimate of drug-likeness (QED) is 0.483. The molecule has 5 unspecified atom stereocenters. The first-order valence-electron chi connectivity index (χ1n) is 13.1. The number of hydrogen-bond donors (Lipinski definition) is 4. The lowest BCUT2D eigenvalue weighted by atomic mass is 9.68. The van der Waals surface area contributed by atoms with Crippen LogP contribution < -0.4 is 10.6 Å². The molecule has 4 rings (SSSR count). The highest BCUT2D eigenvalue weighted by molar-refractivity contribution is 5.82. The standard InChI is InChI=1S/C29H41N3O3/c1-5-19(2)27(31-28(35)26-14-21-9-10-25(34)13-22(21)16-30-26)18-32-12-11-29(4,20(3)17-32)23-7-6-8-24(33)15-23/h6-10,13,15,19-20,26-27,30,33-34H,5,11-12,14,16-18H2,1-4H3,(H,31,35). The Morgan fingerprint density at radius 1 is 1.20 bits per heavy atom. The van der Waals surface area contributed by atoms with E-state index in [1.165, 1.54) is 5.56 Å². The van der Waals surface area contributed by atoms with E-state index in [0.717, 1.165) is 43.6 Å². The molecule has 1 fully saturated rings. The number of nitrogens with one attached hydrogen (secondary N) is 2. The summed E-state index contributed by atoms with van der Waals surface area (Å²) in [5.74, 6) is 1.46. The van der Waals surface area contributed by atoms with E-state index < -0.39 is 0 Å². The first-order valence-corrected chi connectivity index (χ1v) is 13.1. The van der Waals surface area contributed by atoms with Crippen molar-refractivity contribution in [1.29, 1.82) is 0 Å². The van der Waals surface area contributed by atoms with E-state index in [4.69, 9.17) is 0 Å². The Morgan fingerprint density at radius 3 is 2.69 bits per heavy atom. The number of piperidine rings is 1. The Labute approximate surface area is 209 Å². The number of fused-ring (bicyclic) bond motifs is 1. The molecule has 6 heteroatoms. The fraction of sp³-hybridized carbons (Fsp3) is 0.552. The number of carbonyl (C=O) groups excluding carboxylic acids is 1. The van der Waals surface area contributed by atoms with E-state index in [9.17, 15) is 15.0 Å². The molecule has 6 nitrogen and oxygen atoms in total. The number of phenolic OH excluding ortho intramolecular Hbond substituents is 2. The maximum atomic E-state index is 13.3. The van der Waals surface area contributed by atoms with Crippen molar-refractivity contribution in [2.45, 2.75) is 71.0 Å². The summed E-state index contributed by atoms with van der Waals surface area (Å²) in [6, 6.07) is 12.9. The van der Waals surface area contributed by atoms with Gasteiger partial charge >= 0.3 is 0 Å². The highest BCUT2D eigenvalue weighted by Crippen LogP contribution is 2.40. The number of benzene rings is 2. The largest absolute Gasteiger partial charge is 0.508 e. The third kappa shape index (κ3) is 5.65. The molecule has 2 aromatic rings. The first-order chi connectivity index (χ1) is 16.7. The molecular weight excluding hydrogens is 438 g/mol. The summed E-state index contributed by atoms with van der Waals surface area (Å²) in [4.78, 5) is 15.8. The van der Waals surface area contributed by atoms with Gasteiger partial charge in [0.1, 0.15) is 11.5 Å². The van der Waals surface area contributed by atoms with Gasteiger partial charge in [0, 0.05) is 25.7 Å². The number of phenols is 2. The molecule has 0 aliphatic carbocycles. The maximum absolute atomic E-state index is 13.3. The van der Waals surface area contributed by atoms with Gasteiger partial charge in [-0.05, 0) is 77.6 Å². The second kappa shape index (κ2) is 10.6. The predicted molar refractivity (Wildman–Crippen MR) is 140 cm³/mol. The van der Waals surface area contributed by atoms with Gasteiger partial charge in [-0.25, -0.2) is 0 Å². The smallest absolute Gasteiger partial charge is 0.237 e. The Bertz CT molecular complexity index is 1040. The fourth-order valence-electron chi connectivity index (χ4n) is 5.67. The lowest BCUT2D eigenvalue weighted by Gasteiger charge is -2.46. The fourth-order valence-corrected chi connectivity index (χ4v) is 5.67. The number of nitrogens with zero attached hydrogens (tertiary/aromatic N) is 1. The van der Waals surface area contributed by atoms with Crippen LogP contribution in [0.1, 0.15) is 57.2 Å². The van der Waals surface area contributed by atoms with Crippen LogP contribution in [-0.4, -0.2) is 52.7 Å². The van der Waals surface area contributed by atoms with Crippen LogP contribution in [0.15, 0.2) is 42.5 Å². The number of aromatic hydroxyl groups is 2. The minimum atomic E-state index is -0.257. The van der Waals surface area contributed by atoms with Crippen molar-refractivity contribution < 1.29 is 15.0 Å². The monoisotopic (exact) mass is 479 g/mol. The van der Waals surface area contributed by atoms with Gasteiger partial charge in [-0.2, -0.15) is 0 Å². The summed E-state index contributed by atoms with van der Waals surface area (Å²) >= 11 is 0. The van der Waals surface area contributed by atoms with Crippen molar-refractivity contribution in [3.63, 3.8) is 0 Å². The summed E-state index contributed by atoms with van der Waals surface area (Å²) < 4.78 is 0. The molecule has 2 heterocycles. The van der Waals surface area contributed by atoms with Gasteiger partial charge in [-0.15, -0.1) is 0 Å². The molecule has 0 aromatic heterocycles. The summed E-state index contributed by atoms with van der Waals surface area (Å²) in [6.07, 6.45) is 2.67. The second-order valence-electron chi connectivity index (χ2n) is 11.0. The van der Waals surface area contributed by atoms with Crippen molar-refractivity contribution in [3.8, 4) is 11.5 Å². The van der Waals surface area contributed by atoms with E-state index >= 15 is 0 Å². The zero-order valence-electron chi connectivity index (χ0n) is 21.6. The van der Waals surface area contributed by atoms with Crippen LogP contribution in [0.2, 0.25) is 0 Å². The van der Waals surface area contributed by atoms with Crippen molar-refractivity contribution in [2.24, 2.45) is 11.8 Å². The molecule has 0 radical (unpaired) electrons. The van der Waals surface area contributed by atoms with E-state index in [1.807, 2.05) is 18.2 Å². The van der Waals surface area contributed by atoms with E-state index in [2.05, 4.69) is 49.3 Å². The van der Waals surface area contributed by atoms with Gasteiger partial charge in [0.05, 0.1) is 6.04 Å². The molecule has 2 aromatic carbocycles. The Kier molecular flexibility index (Phi) is 7.72. The van der Waals surface area contributed by atoms with Gasteiger partial charge in [0.2, 0.25) is 5.91 Å². The van der Waals surface area contributed by atoms with E-state index in [1.54, 1.807) is 18.2 Å². The van der Waals surface area contributed by atoms with Crippen LogP contribution in [0, 0.1) is 11.8 Å². The number of rotatable bonds is 7. The lowest BCUT2D eigenvalue weighted by Crippen LogP contribution is -2.56. The lowest BCUT2D eigenvalue weighted by molar-refractivity contribution is -0.124. The molecule has 0 spiro atoms. The van der Waals surface area contributed by atoms with Crippen molar-refractivity contribution in [1.82, 2.24) is 15.5 Å². The predicted octanol–water partition coefficient (Wildman–Crippen LogP) is 3.94. The second-order valence-corrected chi connectivity index (χ2v) is 11.0. The SMILES string of the molecule is CCC(C)C(CN1CCC(C)(c2cccc(O)c2)C(C)C1)NC(=O)C1Cc2ccc(O)cc2CN1. The molecule has 35 heavy (non-hydrogen) atoms. The number of amides is 1. The summed E-state index contributed by atoms with van der Waals surface area (Å²) in [6.45, 7) is 12.4. The minimum absolute atomic E-state index is 0.0260. The summed E-state index contributed by atoms with van der Waals surface area (Å²) in [5.41, 5.74) is 3.41. The highest BCUT2D eigenvalue weighted by atomic mass is 16.3. The van der Waals surface area contributed by atoms with Gasteiger partial charge in [-0.1, -0.05) is 52.3 Å². The van der Waals surface area contributed by atoms with Crippen LogP contribution in [0.5, 0.6) is 11.5 Å². The van der Waals surface area contributed by atoms with Gasteiger partial charge in [0.25, 0.3) is 0 Å². The van der Waals surface area contributed by atoms with Crippen LogP contribution in [0.3, 0.4) is 0 Å². The average molecular weight is 480 g/mol. The number of carbonyl (C=O) groups is 1. The third-order valence-corrected chi connectivity index (χ3v) is 8.66. The first kappa shape index (κ1) is 25.5. The third-order valence-electron chi connectivity index (χ3n) is 8.66. The molecule has 0 saturated carbocycles. The van der Waals surface area contributed by atoms with Crippen LogP contribution in [0.4, 0.5) is 0 Å². The van der Waals surface area contributed by atoms with E-state index in [-0.39, 0.29) is 29.2 Å². The Morgan fingerprint density at radius 2 is 1.97 bits per heavy atom. The maximum Gasteiger partial charge on any atom is 0.237 e. The zero-order chi connectivity index (χ0) is 25.2. The molecule has 0 bridgehead atoms. The summed E-state index contributed by atoms with van der Waals surface area (Å²) in [5, 5.41) is 26.5. The van der Waals surface area contributed by atoms with Crippen molar-refractivity contribution >= 4 is 5.91 Å². The number of likely N-dealkylation sites (tertiary alicyclic amines) is 1. The molecule has 2 aliphatic heterocycles. The van der Waals surface area contributed by atoms with Crippen LogP contribution >= 0.6 is 0 Å². The highest BCUT2D eigenvalue weighted by Gasteiger charge is 2.39. The molecule has 190 valence electrons. The topological polar surface area (TPSA) is 84.8 Å². The molecule has 1 amide bonds.